The van der Waals surface area contributed by atoms with Crippen molar-refractivity contribution in [2.24, 2.45) is 0 Å². The summed E-state index contributed by atoms with van der Waals surface area (Å²) in [4.78, 5) is 50.1. The molecule has 1 fully saturated rings. The molecule has 0 aliphatic carbocycles. The number of hydrogen-bond donors (Lipinski definition) is 3. The lowest BCUT2D eigenvalue weighted by Gasteiger charge is -2.25. The van der Waals surface area contributed by atoms with Gasteiger partial charge in [-0.1, -0.05) is 48.0 Å². The van der Waals surface area contributed by atoms with Crippen molar-refractivity contribution in [3.8, 4) is 0 Å². The summed E-state index contributed by atoms with van der Waals surface area (Å²) < 4.78 is 0. The van der Waals surface area contributed by atoms with Gasteiger partial charge in [0.1, 0.15) is 12.1 Å². The van der Waals surface area contributed by atoms with E-state index >= 15 is 0 Å². The first-order chi connectivity index (χ1) is 14.3. The van der Waals surface area contributed by atoms with Crippen LogP contribution in [0.1, 0.15) is 12.0 Å². The highest BCUT2D eigenvalue weighted by atomic mass is 35.5. The van der Waals surface area contributed by atoms with Crippen molar-refractivity contribution in [3.63, 3.8) is 0 Å². The number of nitrogens with zero attached hydrogens (tertiary/aromatic N) is 1. The van der Waals surface area contributed by atoms with Crippen LogP contribution in [0.4, 0.5) is 10.5 Å². The molecule has 2 atom stereocenters. The van der Waals surface area contributed by atoms with E-state index < -0.39 is 29.9 Å². The fourth-order valence-corrected chi connectivity index (χ4v) is 3.32. The van der Waals surface area contributed by atoms with E-state index in [0.717, 1.165) is 5.56 Å². The fourth-order valence-electron chi connectivity index (χ4n) is 3.14. The lowest BCUT2D eigenvalue weighted by molar-refractivity contribution is -0.129. The fraction of sp³-hybridized carbons (Fsp3) is 0.238. The zero-order chi connectivity index (χ0) is 21.7. The van der Waals surface area contributed by atoms with E-state index in [1.54, 1.807) is 31.3 Å². The Hall–Kier alpha value is -3.39. The lowest BCUT2D eigenvalue weighted by Crippen LogP contribution is -2.50. The predicted molar refractivity (Wildman–Crippen MR) is 112 cm³/mol. The first-order valence-corrected chi connectivity index (χ1v) is 9.69. The largest absolute Gasteiger partial charge is 0.344 e. The second kappa shape index (κ2) is 9.41. The predicted octanol–water partition coefficient (Wildman–Crippen LogP) is 1.63. The summed E-state index contributed by atoms with van der Waals surface area (Å²) in [6, 6.07) is 13.6. The molecule has 2 aromatic carbocycles. The average molecular weight is 429 g/mol. The molecule has 3 N–H and O–H groups in total. The van der Waals surface area contributed by atoms with Crippen LogP contribution in [0, 0.1) is 0 Å². The number of benzene rings is 2. The van der Waals surface area contributed by atoms with E-state index in [-0.39, 0.29) is 18.7 Å². The molecule has 156 valence electrons. The minimum Gasteiger partial charge on any atom is -0.344 e. The van der Waals surface area contributed by atoms with Crippen molar-refractivity contribution in [2.45, 2.75) is 24.9 Å². The number of hydrogen-bond acceptors (Lipinski definition) is 4. The Morgan fingerprint density at radius 3 is 2.50 bits per heavy atom. The van der Waals surface area contributed by atoms with E-state index in [0.29, 0.717) is 10.7 Å². The van der Waals surface area contributed by atoms with Gasteiger partial charge in [-0.05, 0) is 23.8 Å². The summed E-state index contributed by atoms with van der Waals surface area (Å²) in [5.41, 5.74) is 1.45. The molecule has 0 aromatic heterocycles. The number of urea groups is 1. The number of anilines is 1. The maximum atomic E-state index is 13.2. The topological polar surface area (TPSA) is 108 Å². The number of likely N-dealkylation sites (N-methyl/N-ethyl adjacent to an activating group) is 1. The molecule has 1 heterocycles. The standard InChI is InChI=1S/C21H21ClN4O4/c1-26(15-9-5-8-14(22)11-15)20(29)17(10-13-6-3-2-4-7-13)23-18(27)12-16-19(28)25-21(30)24-16/h2-9,11,16-17H,10,12H2,1H3,(H,23,27)(H2,24,25,28,30)/t16?,17-/m0/s1. The molecule has 1 aliphatic heterocycles. The summed E-state index contributed by atoms with van der Waals surface area (Å²) in [5, 5.41) is 7.63. The van der Waals surface area contributed by atoms with Crippen LogP contribution >= 0.6 is 11.6 Å². The number of carbonyl (C=O) groups is 4. The van der Waals surface area contributed by atoms with Gasteiger partial charge in [0, 0.05) is 24.2 Å². The van der Waals surface area contributed by atoms with Crippen LogP contribution in [0.5, 0.6) is 0 Å². The Kier molecular flexibility index (Phi) is 6.68. The van der Waals surface area contributed by atoms with E-state index in [4.69, 9.17) is 11.6 Å². The van der Waals surface area contributed by atoms with Crippen molar-refractivity contribution in [3.05, 3.63) is 65.2 Å². The molecule has 30 heavy (non-hydrogen) atoms. The second-order valence-electron chi connectivity index (χ2n) is 6.91. The first kappa shape index (κ1) is 21.3. The van der Waals surface area contributed by atoms with Gasteiger partial charge in [-0.25, -0.2) is 4.79 Å². The normalized spacial score (nSPS) is 16.4. The summed E-state index contributed by atoms with van der Waals surface area (Å²) in [6.07, 6.45) is -0.00341. The smallest absolute Gasteiger partial charge is 0.322 e. The van der Waals surface area contributed by atoms with Crippen LogP contribution in [0.15, 0.2) is 54.6 Å². The molecular weight excluding hydrogens is 408 g/mol. The molecule has 9 heteroatoms. The Morgan fingerprint density at radius 2 is 1.87 bits per heavy atom. The third kappa shape index (κ3) is 5.36. The average Bonchev–Trinajstić information content (AvgIpc) is 3.03. The molecule has 1 unspecified atom stereocenters. The van der Waals surface area contributed by atoms with Crippen LogP contribution < -0.4 is 20.9 Å². The molecule has 1 aliphatic rings. The first-order valence-electron chi connectivity index (χ1n) is 9.31. The van der Waals surface area contributed by atoms with Crippen LogP contribution in [0.3, 0.4) is 0 Å². The SMILES string of the molecule is CN(C(=O)[C@H](Cc1ccccc1)NC(=O)CC1NC(=O)NC1=O)c1cccc(Cl)c1. The van der Waals surface area contributed by atoms with Gasteiger partial charge in [0.05, 0.1) is 6.42 Å². The van der Waals surface area contributed by atoms with Gasteiger partial charge < -0.3 is 15.5 Å². The van der Waals surface area contributed by atoms with Crippen molar-refractivity contribution in [1.29, 1.82) is 0 Å². The van der Waals surface area contributed by atoms with Crippen LogP contribution in [-0.4, -0.2) is 42.9 Å². The zero-order valence-electron chi connectivity index (χ0n) is 16.2. The Balaban J connectivity index is 1.75. The molecule has 0 spiro atoms. The van der Waals surface area contributed by atoms with Crippen molar-refractivity contribution >= 4 is 41.0 Å². The van der Waals surface area contributed by atoms with Gasteiger partial charge in [0.25, 0.3) is 5.91 Å². The number of amides is 5. The minimum absolute atomic E-state index is 0.263. The highest BCUT2D eigenvalue weighted by molar-refractivity contribution is 6.30. The quantitative estimate of drug-likeness (QED) is 0.582. The maximum absolute atomic E-state index is 13.2. The highest BCUT2D eigenvalue weighted by Crippen LogP contribution is 2.19. The van der Waals surface area contributed by atoms with Crippen LogP contribution in [0.2, 0.25) is 5.02 Å². The monoisotopic (exact) mass is 428 g/mol. The zero-order valence-corrected chi connectivity index (χ0v) is 17.0. The molecule has 0 saturated carbocycles. The summed E-state index contributed by atoms with van der Waals surface area (Å²) in [5.74, 6) is -1.43. The molecule has 1 saturated heterocycles. The van der Waals surface area contributed by atoms with E-state index in [2.05, 4.69) is 16.0 Å². The molecule has 2 aromatic rings. The van der Waals surface area contributed by atoms with Crippen molar-refractivity contribution in [2.75, 3.05) is 11.9 Å². The van der Waals surface area contributed by atoms with Gasteiger partial charge in [-0.2, -0.15) is 0 Å². The highest BCUT2D eigenvalue weighted by Gasteiger charge is 2.33. The third-order valence-corrected chi connectivity index (χ3v) is 4.93. The maximum Gasteiger partial charge on any atom is 0.322 e. The van der Waals surface area contributed by atoms with E-state index in [1.165, 1.54) is 4.90 Å². The Morgan fingerprint density at radius 1 is 1.13 bits per heavy atom. The third-order valence-electron chi connectivity index (χ3n) is 4.69. The van der Waals surface area contributed by atoms with Crippen LogP contribution in [-0.2, 0) is 20.8 Å². The number of nitrogens with one attached hydrogen (secondary N) is 3. The molecular formula is C21H21ClN4O4. The Labute approximate surface area is 178 Å². The van der Waals surface area contributed by atoms with Gasteiger partial charge in [0.15, 0.2) is 0 Å². The number of imide groups is 1. The minimum atomic E-state index is -0.962. The number of rotatable bonds is 7. The van der Waals surface area contributed by atoms with Crippen molar-refractivity contribution in [1.82, 2.24) is 16.0 Å². The van der Waals surface area contributed by atoms with Gasteiger partial charge in [-0.3, -0.25) is 19.7 Å². The van der Waals surface area contributed by atoms with Crippen LogP contribution in [0.25, 0.3) is 0 Å². The van der Waals surface area contributed by atoms with Gasteiger partial charge in [-0.15, -0.1) is 0 Å². The summed E-state index contributed by atoms with van der Waals surface area (Å²) in [7, 11) is 1.60. The molecule has 0 bridgehead atoms. The summed E-state index contributed by atoms with van der Waals surface area (Å²) in [6.45, 7) is 0. The van der Waals surface area contributed by atoms with E-state index in [9.17, 15) is 19.2 Å². The number of halogens is 1. The second-order valence-corrected chi connectivity index (χ2v) is 7.34. The molecule has 5 amide bonds. The molecule has 8 nitrogen and oxygen atoms in total. The number of carbonyl (C=O) groups excluding carboxylic acids is 4. The van der Waals surface area contributed by atoms with Crippen molar-refractivity contribution < 1.29 is 19.2 Å². The van der Waals surface area contributed by atoms with Gasteiger partial charge >= 0.3 is 6.03 Å². The lowest BCUT2D eigenvalue weighted by atomic mass is 10.0. The van der Waals surface area contributed by atoms with E-state index in [1.807, 2.05) is 30.3 Å². The molecule has 3 rings (SSSR count). The van der Waals surface area contributed by atoms with Gasteiger partial charge in [0.2, 0.25) is 11.8 Å². The Bertz CT molecular complexity index is 966. The molecule has 0 radical (unpaired) electrons. The summed E-state index contributed by atoms with van der Waals surface area (Å²) >= 11 is 6.03.